The first-order valence-electron chi connectivity index (χ1n) is 16.6. The van der Waals surface area contributed by atoms with Crippen LogP contribution in [-0.4, -0.2) is 58.2 Å². The Balaban J connectivity index is 1.69. The van der Waals surface area contributed by atoms with Crippen molar-refractivity contribution in [2.75, 3.05) is 13.2 Å². The highest BCUT2D eigenvalue weighted by molar-refractivity contribution is 6.70. The van der Waals surface area contributed by atoms with Crippen LogP contribution in [0.4, 0.5) is 0 Å². The first-order valence-corrected chi connectivity index (χ1v) is 30.2. The molecule has 2 bridgehead atoms. The summed E-state index contributed by atoms with van der Waals surface area (Å²) in [6, 6.07) is 0. The molecule has 4 nitrogen and oxygen atoms in total. The van der Waals surface area contributed by atoms with Crippen molar-refractivity contribution in [1.29, 1.82) is 0 Å². The van der Waals surface area contributed by atoms with Crippen LogP contribution in [0.1, 0.15) is 65.2 Å². The fraction of sp³-hybridized carbons (Fsp3) is 1.00. The molecular weight excluding hydrogens is 561 g/mol. The molecule has 0 heterocycles. The Morgan fingerprint density at radius 2 is 1.23 bits per heavy atom. The second kappa shape index (κ2) is 10.7. The van der Waals surface area contributed by atoms with E-state index in [9.17, 15) is 0 Å². The van der Waals surface area contributed by atoms with Crippen molar-refractivity contribution >= 4 is 33.3 Å². The van der Waals surface area contributed by atoms with Crippen LogP contribution in [0, 0.1) is 34.0 Å². The molecule has 1 spiro atoms. The zero-order valence-corrected chi connectivity index (χ0v) is 33.0. The first-order chi connectivity index (χ1) is 17.9. The largest absolute Gasteiger partial charge is 0.417 e. The van der Waals surface area contributed by atoms with Crippen molar-refractivity contribution in [2.24, 2.45) is 34.0 Å². The van der Waals surface area contributed by atoms with Crippen molar-refractivity contribution < 1.29 is 17.7 Å². The lowest BCUT2D eigenvalue weighted by molar-refractivity contribution is -0.210. The molecule has 0 radical (unpaired) electrons. The van der Waals surface area contributed by atoms with Crippen LogP contribution in [0.5, 0.6) is 0 Å². The van der Waals surface area contributed by atoms with Crippen LogP contribution in [0.3, 0.4) is 0 Å². The average Bonchev–Trinajstić information content (AvgIpc) is 3.10. The van der Waals surface area contributed by atoms with Gasteiger partial charge in [-0.2, -0.15) is 0 Å². The average molecular weight is 627 g/mol. The molecule has 8 atom stereocenters. The number of hydrogen-bond donors (Lipinski definition) is 0. The number of fused-ring (bicyclic) bond motifs is 2. The fourth-order valence-electron chi connectivity index (χ4n) is 9.97. The molecule has 0 amide bonds. The number of hydrogen-bond acceptors (Lipinski definition) is 4. The highest BCUT2D eigenvalue weighted by atomic mass is 28.4. The summed E-state index contributed by atoms with van der Waals surface area (Å²) < 4.78 is 27.9. The van der Waals surface area contributed by atoms with Gasteiger partial charge in [0.2, 0.25) is 0 Å². The molecule has 4 rings (SSSR count). The molecule has 4 saturated carbocycles. The second-order valence-corrected chi connectivity index (χ2v) is 36.8. The van der Waals surface area contributed by atoms with Gasteiger partial charge in [0.05, 0.1) is 18.3 Å². The van der Waals surface area contributed by atoms with E-state index in [4.69, 9.17) is 17.7 Å². The molecule has 0 saturated heterocycles. The monoisotopic (exact) mass is 626 g/mol. The van der Waals surface area contributed by atoms with Crippen molar-refractivity contribution in [3.05, 3.63) is 0 Å². The van der Waals surface area contributed by atoms with Crippen LogP contribution in [0.15, 0.2) is 0 Å². The SMILES string of the molecule is C[C@@]1(CO[Si](C)(C)C)[C@H](O[Si](C)(C)C)CC[C@@]2(C)[C@H]1CC[C@H]1C[C@@H]3C[C@@]12CC[C@@]3(CO[Si](C)(C)C)O[Si](C)(C)C. The lowest BCUT2D eigenvalue weighted by atomic mass is 9.39. The van der Waals surface area contributed by atoms with Crippen LogP contribution in [-0.2, 0) is 17.7 Å². The van der Waals surface area contributed by atoms with Gasteiger partial charge < -0.3 is 17.7 Å². The molecule has 0 aliphatic heterocycles. The van der Waals surface area contributed by atoms with E-state index in [1.807, 2.05) is 0 Å². The van der Waals surface area contributed by atoms with E-state index in [0.717, 1.165) is 19.1 Å². The summed E-state index contributed by atoms with van der Waals surface area (Å²) in [7, 11) is -6.68. The van der Waals surface area contributed by atoms with E-state index in [1.165, 1.54) is 51.4 Å². The molecular formula is C32H66O4Si4. The third-order valence-corrected chi connectivity index (χ3v) is 15.5. The van der Waals surface area contributed by atoms with Gasteiger partial charge in [-0.15, -0.1) is 0 Å². The molecule has 234 valence electrons. The molecule has 4 aliphatic carbocycles. The standard InChI is InChI=1S/C32H66O4Si4/c1-29(23-33-37(3,4)5)27-16-15-25-21-26-22-31(25,30(27,2)18-17-28(29)35-39(9,10)11)19-20-32(26,36-40(12,13)14)24-34-38(6,7)8/h25-28H,15-24H2,1-14H3/t25-,26+,27-,28+,29-,30-,31-,32-/m0/s1. The highest BCUT2D eigenvalue weighted by Crippen LogP contribution is 2.76. The highest BCUT2D eigenvalue weighted by Gasteiger charge is 2.71. The van der Waals surface area contributed by atoms with Gasteiger partial charge in [-0.25, -0.2) is 0 Å². The van der Waals surface area contributed by atoms with Gasteiger partial charge in [0.1, 0.15) is 0 Å². The van der Waals surface area contributed by atoms with Crippen molar-refractivity contribution in [3.63, 3.8) is 0 Å². The predicted molar refractivity (Wildman–Crippen MR) is 180 cm³/mol. The lowest BCUT2D eigenvalue weighted by Gasteiger charge is -2.68. The molecule has 4 fully saturated rings. The summed E-state index contributed by atoms with van der Waals surface area (Å²) in [4.78, 5) is 0. The fourth-order valence-corrected chi connectivity index (χ4v) is 14.2. The summed E-state index contributed by atoms with van der Waals surface area (Å²) >= 11 is 0. The summed E-state index contributed by atoms with van der Waals surface area (Å²) in [5, 5.41) is 0. The Morgan fingerprint density at radius 1 is 0.625 bits per heavy atom. The van der Waals surface area contributed by atoms with Gasteiger partial charge in [-0.05, 0) is 159 Å². The molecule has 0 N–H and O–H groups in total. The van der Waals surface area contributed by atoms with Crippen LogP contribution in [0.25, 0.3) is 0 Å². The maximum absolute atomic E-state index is 7.26. The van der Waals surface area contributed by atoms with Crippen molar-refractivity contribution in [3.8, 4) is 0 Å². The van der Waals surface area contributed by atoms with Crippen LogP contribution >= 0.6 is 0 Å². The number of rotatable bonds is 10. The summed E-state index contributed by atoms with van der Waals surface area (Å²) in [5.41, 5.74) is 0.764. The van der Waals surface area contributed by atoms with Crippen molar-refractivity contribution in [1.82, 2.24) is 0 Å². The maximum atomic E-state index is 7.26. The minimum Gasteiger partial charge on any atom is -0.417 e. The Kier molecular flexibility index (Phi) is 8.95. The van der Waals surface area contributed by atoms with E-state index in [2.05, 4.69) is 92.4 Å². The van der Waals surface area contributed by atoms with E-state index in [1.54, 1.807) is 0 Å². The lowest BCUT2D eigenvalue weighted by Crippen LogP contribution is -2.65. The maximum Gasteiger partial charge on any atom is 0.184 e. The third kappa shape index (κ3) is 6.54. The topological polar surface area (TPSA) is 36.9 Å². The first kappa shape index (κ1) is 33.6. The van der Waals surface area contributed by atoms with Gasteiger partial charge in [-0.1, -0.05) is 13.8 Å². The van der Waals surface area contributed by atoms with E-state index >= 15 is 0 Å². The van der Waals surface area contributed by atoms with E-state index < -0.39 is 33.3 Å². The van der Waals surface area contributed by atoms with Gasteiger partial charge in [-0.3, -0.25) is 0 Å². The van der Waals surface area contributed by atoms with Gasteiger partial charge >= 0.3 is 0 Å². The molecule has 0 aromatic heterocycles. The van der Waals surface area contributed by atoms with E-state index in [-0.39, 0.29) is 11.0 Å². The normalized spacial score (nSPS) is 42.5. The Labute approximate surface area is 253 Å². The van der Waals surface area contributed by atoms with E-state index in [0.29, 0.717) is 28.8 Å². The zero-order chi connectivity index (χ0) is 30.2. The summed E-state index contributed by atoms with van der Waals surface area (Å²) in [6.45, 7) is 35.3. The predicted octanol–water partition coefficient (Wildman–Crippen LogP) is 9.52. The Morgan fingerprint density at radius 3 is 1.77 bits per heavy atom. The van der Waals surface area contributed by atoms with Crippen LogP contribution in [0.2, 0.25) is 78.6 Å². The molecule has 0 aromatic carbocycles. The molecule has 0 unspecified atom stereocenters. The minimum absolute atomic E-state index is 0.0790. The molecule has 4 aliphatic rings. The van der Waals surface area contributed by atoms with Gasteiger partial charge in [0, 0.05) is 12.0 Å². The summed E-state index contributed by atoms with van der Waals surface area (Å²) in [6.07, 6.45) is 10.7. The van der Waals surface area contributed by atoms with Gasteiger partial charge in [0.25, 0.3) is 0 Å². The van der Waals surface area contributed by atoms with Crippen molar-refractivity contribution in [2.45, 2.75) is 155 Å². The molecule has 8 heteroatoms. The smallest absolute Gasteiger partial charge is 0.184 e. The minimum atomic E-state index is -1.73. The summed E-state index contributed by atoms with van der Waals surface area (Å²) in [5.74, 6) is 2.12. The van der Waals surface area contributed by atoms with Crippen LogP contribution < -0.4 is 0 Å². The molecule has 0 aromatic rings. The Bertz CT molecular complexity index is 918. The quantitative estimate of drug-likeness (QED) is 0.226. The zero-order valence-electron chi connectivity index (χ0n) is 29.0. The molecule has 40 heavy (non-hydrogen) atoms. The second-order valence-electron chi connectivity index (χ2n) is 18.9. The van der Waals surface area contributed by atoms with Gasteiger partial charge in [0.15, 0.2) is 33.3 Å². The Hall–Kier alpha value is 0.708. The third-order valence-electron chi connectivity index (χ3n) is 11.4.